The lowest BCUT2D eigenvalue weighted by Crippen LogP contribution is -2.52. The molecule has 1 saturated heterocycles. The summed E-state index contributed by atoms with van der Waals surface area (Å²) in [4.78, 5) is 19.4. The minimum absolute atomic E-state index is 0.0950. The summed E-state index contributed by atoms with van der Waals surface area (Å²) in [6, 6.07) is 2.11. The van der Waals surface area contributed by atoms with Crippen molar-refractivity contribution in [3.8, 4) is 0 Å². The van der Waals surface area contributed by atoms with E-state index in [1.807, 2.05) is 17.4 Å². The molecule has 0 aromatic carbocycles. The number of aromatic nitrogens is 4. The van der Waals surface area contributed by atoms with Crippen molar-refractivity contribution in [2.45, 2.75) is 53.0 Å². The van der Waals surface area contributed by atoms with Crippen LogP contribution in [-0.2, 0) is 4.79 Å². The van der Waals surface area contributed by atoms with E-state index in [9.17, 15) is 4.79 Å². The maximum absolute atomic E-state index is 12.9. The average molecular weight is 356 g/mol. The molecule has 2 aromatic heterocycles. The largest absolute Gasteiger partial charge is 0.365 e. The number of carbonyl (C=O) groups is 1. The van der Waals surface area contributed by atoms with E-state index in [1.54, 1.807) is 6.33 Å². The second kappa shape index (κ2) is 6.21. The lowest BCUT2D eigenvalue weighted by Gasteiger charge is -2.43. The lowest BCUT2D eigenvalue weighted by atomic mass is 9.81. The molecule has 140 valence electrons. The van der Waals surface area contributed by atoms with E-state index in [0.717, 1.165) is 49.6 Å². The number of fused-ring (bicyclic) bond motifs is 1. The Balaban J connectivity index is 1.48. The van der Waals surface area contributed by atoms with E-state index < -0.39 is 0 Å². The first-order chi connectivity index (χ1) is 12.4. The molecule has 7 heteroatoms. The third-order valence-electron chi connectivity index (χ3n) is 5.76. The van der Waals surface area contributed by atoms with Crippen molar-refractivity contribution >= 4 is 17.4 Å². The molecule has 1 amide bonds. The molecule has 2 fully saturated rings. The minimum Gasteiger partial charge on any atom is -0.365 e. The lowest BCUT2D eigenvalue weighted by molar-refractivity contribution is -0.136. The summed E-state index contributed by atoms with van der Waals surface area (Å²) in [7, 11) is 0. The van der Waals surface area contributed by atoms with Gasteiger partial charge in [-0.15, -0.1) is 10.2 Å². The van der Waals surface area contributed by atoms with Crippen LogP contribution in [0.2, 0.25) is 0 Å². The third kappa shape index (κ3) is 3.27. The van der Waals surface area contributed by atoms with Gasteiger partial charge in [0.2, 0.25) is 5.91 Å². The second-order valence-corrected chi connectivity index (χ2v) is 8.69. The summed E-state index contributed by atoms with van der Waals surface area (Å²) in [5.41, 5.74) is 0.879. The first-order valence-electron chi connectivity index (χ1n) is 9.59. The molecule has 26 heavy (non-hydrogen) atoms. The molecule has 1 aliphatic carbocycles. The number of nitrogens with one attached hydrogen (secondary N) is 1. The monoisotopic (exact) mass is 356 g/mol. The molecule has 1 aliphatic heterocycles. The van der Waals surface area contributed by atoms with Gasteiger partial charge in [0.25, 0.3) is 0 Å². The van der Waals surface area contributed by atoms with Gasteiger partial charge in [0.1, 0.15) is 18.0 Å². The Hall–Kier alpha value is -2.18. The summed E-state index contributed by atoms with van der Waals surface area (Å²) in [6.07, 6.45) is 4.93. The highest BCUT2D eigenvalue weighted by Gasteiger charge is 2.46. The van der Waals surface area contributed by atoms with Crippen LogP contribution in [0, 0.1) is 24.2 Å². The zero-order chi connectivity index (χ0) is 18.5. The number of nitrogens with zero attached hydrogens (tertiary/aromatic N) is 5. The second-order valence-electron chi connectivity index (χ2n) is 8.69. The molecule has 2 aromatic rings. The normalized spacial score (nSPS) is 27.5. The fourth-order valence-electron chi connectivity index (χ4n) is 4.34. The van der Waals surface area contributed by atoms with Gasteiger partial charge in [0.05, 0.1) is 0 Å². The van der Waals surface area contributed by atoms with Gasteiger partial charge in [-0.25, -0.2) is 4.98 Å². The van der Waals surface area contributed by atoms with E-state index in [1.165, 1.54) is 0 Å². The number of aryl methyl sites for hydroxylation is 1. The van der Waals surface area contributed by atoms with Crippen LogP contribution in [0.25, 0.3) is 5.65 Å². The van der Waals surface area contributed by atoms with Crippen LogP contribution in [0.3, 0.4) is 0 Å². The predicted molar refractivity (Wildman–Crippen MR) is 99.8 cm³/mol. The van der Waals surface area contributed by atoms with Crippen LogP contribution in [0.15, 0.2) is 12.4 Å². The number of rotatable bonds is 4. The minimum atomic E-state index is 0.0950. The van der Waals surface area contributed by atoms with Crippen LogP contribution >= 0.6 is 0 Å². The molecule has 2 aliphatic rings. The fraction of sp³-hybridized carbons (Fsp3) is 0.684. The number of anilines is 1. The molecule has 7 nitrogen and oxygen atoms in total. The van der Waals surface area contributed by atoms with Crippen molar-refractivity contribution in [2.75, 3.05) is 18.4 Å². The highest BCUT2D eigenvalue weighted by molar-refractivity contribution is 5.82. The molecule has 0 radical (unpaired) electrons. The van der Waals surface area contributed by atoms with Crippen LogP contribution in [0.4, 0.5) is 5.82 Å². The summed E-state index contributed by atoms with van der Waals surface area (Å²) in [5.74, 6) is 2.80. The first kappa shape index (κ1) is 17.2. The van der Waals surface area contributed by atoms with E-state index >= 15 is 0 Å². The Labute approximate surface area is 154 Å². The van der Waals surface area contributed by atoms with Gasteiger partial charge in [0, 0.05) is 31.1 Å². The Kier molecular flexibility index (Phi) is 4.12. The van der Waals surface area contributed by atoms with Crippen LogP contribution < -0.4 is 5.32 Å². The number of amides is 1. The van der Waals surface area contributed by atoms with Gasteiger partial charge >= 0.3 is 0 Å². The fourth-order valence-corrected chi connectivity index (χ4v) is 4.34. The number of likely N-dealkylation sites (tertiary alicyclic amines) is 1. The number of hydrogen-bond donors (Lipinski definition) is 1. The topological polar surface area (TPSA) is 75.4 Å². The predicted octanol–water partition coefficient (Wildman–Crippen LogP) is 2.52. The van der Waals surface area contributed by atoms with Gasteiger partial charge < -0.3 is 10.2 Å². The SMILES string of the molecule is CCC1CC1C(=O)N1CC(Nc2cc3nnc(C)n3cn2)CC(C)(C)C1. The average Bonchev–Trinajstić information content (AvgIpc) is 3.29. The summed E-state index contributed by atoms with van der Waals surface area (Å²) in [6.45, 7) is 10.1. The molecular formula is C19H28N6O. The number of piperidine rings is 1. The van der Waals surface area contributed by atoms with Crippen LogP contribution in [0.1, 0.15) is 45.9 Å². The van der Waals surface area contributed by atoms with Gasteiger partial charge in [-0.2, -0.15) is 0 Å². The molecule has 1 saturated carbocycles. The summed E-state index contributed by atoms with van der Waals surface area (Å²) >= 11 is 0. The molecule has 4 rings (SSSR count). The van der Waals surface area contributed by atoms with Crippen molar-refractivity contribution in [2.24, 2.45) is 17.3 Å². The number of hydrogen-bond acceptors (Lipinski definition) is 5. The standard InChI is InChI=1S/C19H28N6O/c1-5-13-6-15(13)18(26)24-9-14(8-19(3,4)10-24)21-16-7-17-23-22-12(2)25(17)11-20-16/h7,11,13-15,21H,5-6,8-10H2,1-4H3. The van der Waals surface area contributed by atoms with Crippen molar-refractivity contribution in [1.29, 1.82) is 0 Å². The van der Waals surface area contributed by atoms with E-state index in [-0.39, 0.29) is 17.4 Å². The Morgan fingerprint density at radius 3 is 2.92 bits per heavy atom. The van der Waals surface area contributed by atoms with Crippen LogP contribution in [-0.4, -0.2) is 49.5 Å². The molecule has 3 atom stereocenters. The Morgan fingerprint density at radius 2 is 2.19 bits per heavy atom. The Bertz CT molecular complexity index is 829. The zero-order valence-corrected chi connectivity index (χ0v) is 16.1. The summed E-state index contributed by atoms with van der Waals surface area (Å²) < 4.78 is 1.86. The van der Waals surface area contributed by atoms with Gasteiger partial charge in [-0.05, 0) is 31.1 Å². The Morgan fingerprint density at radius 1 is 1.38 bits per heavy atom. The van der Waals surface area contributed by atoms with Crippen molar-refractivity contribution in [3.05, 3.63) is 18.2 Å². The molecule has 3 heterocycles. The van der Waals surface area contributed by atoms with E-state index in [2.05, 4.69) is 46.2 Å². The number of carbonyl (C=O) groups excluding carboxylic acids is 1. The smallest absolute Gasteiger partial charge is 0.226 e. The summed E-state index contributed by atoms with van der Waals surface area (Å²) in [5, 5.41) is 11.8. The van der Waals surface area contributed by atoms with Gasteiger partial charge in [0.15, 0.2) is 5.65 Å². The first-order valence-corrected chi connectivity index (χ1v) is 9.59. The quantitative estimate of drug-likeness (QED) is 0.911. The third-order valence-corrected chi connectivity index (χ3v) is 5.76. The van der Waals surface area contributed by atoms with E-state index in [4.69, 9.17) is 0 Å². The maximum Gasteiger partial charge on any atom is 0.226 e. The molecule has 1 N–H and O–H groups in total. The van der Waals surface area contributed by atoms with Gasteiger partial charge in [-0.3, -0.25) is 9.20 Å². The molecular weight excluding hydrogens is 328 g/mol. The van der Waals surface area contributed by atoms with Crippen LogP contribution in [0.5, 0.6) is 0 Å². The zero-order valence-electron chi connectivity index (χ0n) is 16.1. The highest BCUT2D eigenvalue weighted by atomic mass is 16.2. The van der Waals surface area contributed by atoms with E-state index in [0.29, 0.717) is 11.8 Å². The van der Waals surface area contributed by atoms with Crippen molar-refractivity contribution in [3.63, 3.8) is 0 Å². The van der Waals surface area contributed by atoms with Crippen molar-refractivity contribution in [1.82, 2.24) is 24.5 Å². The molecule has 0 bridgehead atoms. The molecule has 0 spiro atoms. The van der Waals surface area contributed by atoms with Crippen molar-refractivity contribution < 1.29 is 4.79 Å². The molecule has 3 unspecified atom stereocenters. The highest BCUT2D eigenvalue weighted by Crippen LogP contribution is 2.43. The van der Waals surface area contributed by atoms with Gasteiger partial charge in [-0.1, -0.05) is 27.2 Å². The maximum atomic E-state index is 12.9.